The molecular formula is C8H17NO2. The third-order valence-corrected chi connectivity index (χ3v) is 1.68. The van der Waals surface area contributed by atoms with Crippen molar-refractivity contribution in [1.82, 2.24) is 4.90 Å². The Labute approximate surface area is 68.0 Å². The zero-order valence-electron chi connectivity index (χ0n) is 7.29. The van der Waals surface area contributed by atoms with Crippen LogP contribution in [-0.2, 0) is 4.79 Å². The van der Waals surface area contributed by atoms with Crippen molar-refractivity contribution in [3.8, 4) is 0 Å². The van der Waals surface area contributed by atoms with E-state index in [2.05, 4.69) is 0 Å². The molecule has 0 aliphatic rings. The van der Waals surface area contributed by atoms with E-state index in [1.807, 2.05) is 18.9 Å². The van der Waals surface area contributed by atoms with Gasteiger partial charge >= 0.3 is 0 Å². The van der Waals surface area contributed by atoms with Gasteiger partial charge < -0.3 is 14.8 Å². The molecule has 0 amide bonds. The molecule has 0 aromatic rings. The first-order valence-corrected chi connectivity index (χ1v) is 3.95. The SMILES string of the molecule is CC(C=O)CCN(C)CCO. The molecule has 1 unspecified atom stereocenters. The highest BCUT2D eigenvalue weighted by Crippen LogP contribution is 1.98. The average molecular weight is 159 g/mol. The van der Waals surface area contributed by atoms with E-state index in [1.165, 1.54) is 0 Å². The number of rotatable bonds is 6. The van der Waals surface area contributed by atoms with Crippen LogP contribution < -0.4 is 0 Å². The van der Waals surface area contributed by atoms with Crippen LogP contribution in [0.15, 0.2) is 0 Å². The normalized spacial score (nSPS) is 13.5. The molecule has 0 saturated carbocycles. The van der Waals surface area contributed by atoms with Crippen LogP contribution in [-0.4, -0.2) is 43.0 Å². The Morgan fingerprint density at radius 2 is 2.18 bits per heavy atom. The van der Waals surface area contributed by atoms with E-state index >= 15 is 0 Å². The van der Waals surface area contributed by atoms with E-state index < -0.39 is 0 Å². The van der Waals surface area contributed by atoms with E-state index in [4.69, 9.17) is 5.11 Å². The van der Waals surface area contributed by atoms with Crippen LogP contribution in [0.2, 0.25) is 0 Å². The molecule has 0 aromatic heterocycles. The summed E-state index contributed by atoms with van der Waals surface area (Å²) in [6.45, 7) is 3.65. The predicted octanol–water partition coefficient (Wildman–Crippen LogP) is 0.136. The number of likely N-dealkylation sites (N-methyl/N-ethyl adjacent to an activating group) is 1. The Bertz CT molecular complexity index is 106. The standard InChI is InChI=1S/C8H17NO2/c1-8(7-11)3-4-9(2)5-6-10/h7-8,10H,3-6H2,1-2H3. The van der Waals surface area contributed by atoms with Gasteiger partial charge in [0, 0.05) is 12.5 Å². The minimum Gasteiger partial charge on any atom is -0.395 e. The summed E-state index contributed by atoms with van der Waals surface area (Å²) in [4.78, 5) is 12.2. The van der Waals surface area contributed by atoms with Crippen LogP contribution >= 0.6 is 0 Å². The molecule has 0 fully saturated rings. The van der Waals surface area contributed by atoms with Gasteiger partial charge in [-0.05, 0) is 20.0 Å². The maximum absolute atomic E-state index is 10.2. The number of aldehydes is 1. The molecule has 3 heteroatoms. The minimum absolute atomic E-state index is 0.135. The fraction of sp³-hybridized carbons (Fsp3) is 0.875. The fourth-order valence-electron chi connectivity index (χ4n) is 0.775. The van der Waals surface area contributed by atoms with Gasteiger partial charge in [-0.15, -0.1) is 0 Å². The molecule has 0 spiro atoms. The first-order valence-electron chi connectivity index (χ1n) is 3.95. The van der Waals surface area contributed by atoms with E-state index in [0.717, 1.165) is 19.3 Å². The zero-order valence-corrected chi connectivity index (χ0v) is 7.29. The van der Waals surface area contributed by atoms with Gasteiger partial charge in [-0.3, -0.25) is 0 Å². The van der Waals surface area contributed by atoms with E-state index in [1.54, 1.807) is 0 Å². The molecule has 0 saturated heterocycles. The number of aliphatic hydroxyl groups is 1. The number of hydrogen-bond acceptors (Lipinski definition) is 3. The molecule has 66 valence electrons. The van der Waals surface area contributed by atoms with Crippen LogP contribution in [0, 0.1) is 5.92 Å². The summed E-state index contributed by atoms with van der Waals surface area (Å²) < 4.78 is 0. The second-order valence-corrected chi connectivity index (χ2v) is 2.93. The second kappa shape index (κ2) is 6.31. The molecule has 0 aliphatic carbocycles. The molecule has 0 aromatic carbocycles. The largest absolute Gasteiger partial charge is 0.395 e. The van der Waals surface area contributed by atoms with Crippen molar-refractivity contribution in [2.45, 2.75) is 13.3 Å². The molecular weight excluding hydrogens is 142 g/mol. The van der Waals surface area contributed by atoms with Crippen molar-refractivity contribution in [3.05, 3.63) is 0 Å². The first-order chi connectivity index (χ1) is 5.20. The summed E-state index contributed by atoms with van der Waals surface area (Å²) >= 11 is 0. The smallest absolute Gasteiger partial charge is 0.122 e. The molecule has 0 rings (SSSR count). The highest BCUT2D eigenvalue weighted by molar-refractivity contribution is 5.52. The van der Waals surface area contributed by atoms with Crippen molar-refractivity contribution >= 4 is 6.29 Å². The third-order valence-electron chi connectivity index (χ3n) is 1.68. The molecule has 0 heterocycles. The lowest BCUT2D eigenvalue weighted by molar-refractivity contribution is -0.110. The molecule has 1 atom stereocenters. The van der Waals surface area contributed by atoms with Crippen molar-refractivity contribution in [2.75, 3.05) is 26.7 Å². The minimum atomic E-state index is 0.135. The predicted molar refractivity (Wildman–Crippen MR) is 44.4 cm³/mol. The summed E-state index contributed by atoms with van der Waals surface area (Å²) in [5, 5.41) is 8.55. The van der Waals surface area contributed by atoms with Gasteiger partial charge in [0.1, 0.15) is 6.29 Å². The summed E-state index contributed by atoms with van der Waals surface area (Å²) in [6.07, 6.45) is 1.84. The Balaban J connectivity index is 3.29. The Morgan fingerprint density at radius 1 is 1.55 bits per heavy atom. The molecule has 3 nitrogen and oxygen atoms in total. The van der Waals surface area contributed by atoms with Gasteiger partial charge in [-0.1, -0.05) is 6.92 Å². The van der Waals surface area contributed by atoms with Gasteiger partial charge in [0.15, 0.2) is 0 Å². The van der Waals surface area contributed by atoms with Crippen molar-refractivity contribution in [2.24, 2.45) is 5.92 Å². The van der Waals surface area contributed by atoms with Crippen LogP contribution in [0.1, 0.15) is 13.3 Å². The molecule has 0 bridgehead atoms. The Hall–Kier alpha value is -0.410. The number of nitrogens with zero attached hydrogens (tertiary/aromatic N) is 1. The number of aliphatic hydroxyl groups excluding tert-OH is 1. The highest BCUT2D eigenvalue weighted by Gasteiger charge is 2.01. The number of carbonyl (C=O) groups is 1. The fourth-order valence-corrected chi connectivity index (χ4v) is 0.775. The third kappa shape index (κ3) is 6.01. The summed E-state index contributed by atoms with van der Waals surface area (Å²) in [5.41, 5.74) is 0. The topological polar surface area (TPSA) is 40.5 Å². The monoisotopic (exact) mass is 159 g/mol. The van der Waals surface area contributed by atoms with Crippen molar-refractivity contribution < 1.29 is 9.90 Å². The van der Waals surface area contributed by atoms with Gasteiger partial charge in [0.2, 0.25) is 0 Å². The van der Waals surface area contributed by atoms with Crippen molar-refractivity contribution in [3.63, 3.8) is 0 Å². The van der Waals surface area contributed by atoms with Gasteiger partial charge in [0.25, 0.3) is 0 Å². The van der Waals surface area contributed by atoms with Gasteiger partial charge in [-0.2, -0.15) is 0 Å². The molecule has 11 heavy (non-hydrogen) atoms. The van der Waals surface area contributed by atoms with Gasteiger partial charge in [-0.25, -0.2) is 0 Å². The Morgan fingerprint density at radius 3 is 2.64 bits per heavy atom. The quantitative estimate of drug-likeness (QED) is 0.560. The number of hydrogen-bond donors (Lipinski definition) is 1. The maximum atomic E-state index is 10.2. The summed E-state index contributed by atoms with van der Waals surface area (Å²) in [5.74, 6) is 0.135. The van der Waals surface area contributed by atoms with E-state index in [-0.39, 0.29) is 12.5 Å². The van der Waals surface area contributed by atoms with Crippen LogP contribution in [0.3, 0.4) is 0 Å². The van der Waals surface area contributed by atoms with Gasteiger partial charge in [0.05, 0.1) is 6.61 Å². The Kier molecular flexibility index (Phi) is 6.07. The van der Waals surface area contributed by atoms with E-state index in [9.17, 15) is 4.79 Å². The summed E-state index contributed by atoms with van der Waals surface area (Å²) in [6, 6.07) is 0. The number of carbonyl (C=O) groups excluding carboxylic acids is 1. The summed E-state index contributed by atoms with van der Waals surface area (Å²) in [7, 11) is 1.94. The molecule has 0 radical (unpaired) electrons. The zero-order chi connectivity index (χ0) is 8.69. The lowest BCUT2D eigenvalue weighted by Crippen LogP contribution is -2.24. The first kappa shape index (κ1) is 10.6. The highest BCUT2D eigenvalue weighted by atomic mass is 16.3. The maximum Gasteiger partial charge on any atom is 0.122 e. The lowest BCUT2D eigenvalue weighted by Gasteiger charge is -2.15. The molecule has 1 N–H and O–H groups in total. The van der Waals surface area contributed by atoms with Crippen LogP contribution in [0.4, 0.5) is 0 Å². The lowest BCUT2D eigenvalue weighted by atomic mass is 10.1. The second-order valence-electron chi connectivity index (χ2n) is 2.93. The van der Waals surface area contributed by atoms with Crippen LogP contribution in [0.5, 0.6) is 0 Å². The van der Waals surface area contributed by atoms with Crippen LogP contribution in [0.25, 0.3) is 0 Å². The van der Waals surface area contributed by atoms with E-state index in [0.29, 0.717) is 6.54 Å². The average Bonchev–Trinajstić information content (AvgIpc) is 2.01. The molecule has 0 aliphatic heterocycles. The van der Waals surface area contributed by atoms with Crippen molar-refractivity contribution in [1.29, 1.82) is 0 Å².